The van der Waals surface area contributed by atoms with Crippen LogP contribution in [-0.4, -0.2) is 71.5 Å². The van der Waals surface area contributed by atoms with Crippen LogP contribution in [0.4, 0.5) is 24.9 Å². The summed E-state index contributed by atoms with van der Waals surface area (Å²) in [5, 5.41) is 21.2. The maximum Gasteiger partial charge on any atom is 0.490 e. The smallest absolute Gasteiger partial charge is 0.490 e. The maximum absolute atomic E-state index is 11.5. The highest BCUT2D eigenvalue weighted by atomic mass is 19.4. The Balaban J connectivity index is 0.000000718. The predicted molar refractivity (Wildman–Crippen MR) is 120 cm³/mol. The van der Waals surface area contributed by atoms with Crippen LogP contribution < -0.4 is 15.4 Å². The number of halogens is 3. The lowest BCUT2D eigenvalue weighted by Crippen LogP contribution is -2.25. The van der Waals surface area contributed by atoms with E-state index in [0.717, 1.165) is 32.6 Å². The van der Waals surface area contributed by atoms with E-state index in [-0.39, 0.29) is 5.91 Å². The molecule has 0 unspecified atom stereocenters. The second kappa shape index (κ2) is 14.0. The zero-order valence-corrected chi connectivity index (χ0v) is 19.5. The van der Waals surface area contributed by atoms with E-state index in [1.807, 2.05) is 0 Å². The molecule has 0 aliphatic heterocycles. The highest BCUT2D eigenvalue weighted by Gasteiger charge is 2.38. The van der Waals surface area contributed by atoms with E-state index in [4.69, 9.17) is 19.1 Å². The summed E-state index contributed by atoms with van der Waals surface area (Å²) in [5.41, 5.74) is 1.34. The number of ether oxygens (including phenoxy) is 1. The number of aliphatic carboxylic acids is 1. The number of alkyl halides is 3. The molecule has 13 heteroatoms. The fourth-order valence-electron chi connectivity index (χ4n) is 2.64. The summed E-state index contributed by atoms with van der Waals surface area (Å²) in [6.07, 6.45) is -3.68. The number of anilines is 2. The molecule has 10 nitrogen and oxygen atoms in total. The fraction of sp³-hybridized carbons (Fsp3) is 0.524. The van der Waals surface area contributed by atoms with Crippen LogP contribution in [0.1, 0.15) is 33.6 Å². The lowest BCUT2D eigenvalue weighted by molar-refractivity contribution is -0.192. The number of amides is 1. The first-order valence-corrected chi connectivity index (χ1v) is 10.6. The van der Waals surface area contributed by atoms with Gasteiger partial charge in [0.25, 0.3) is 5.89 Å². The molecule has 34 heavy (non-hydrogen) atoms. The number of benzene rings is 1. The van der Waals surface area contributed by atoms with E-state index in [0.29, 0.717) is 35.3 Å². The van der Waals surface area contributed by atoms with Crippen LogP contribution in [0.2, 0.25) is 0 Å². The molecule has 1 heterocycles. The van der Waals surface area contributed by atoms with Crippen LogP contribution in [0.15, 0.2) is 22.6 Å². The van der Waals surface area contributed by atoms with Gasteiger partial charge in [0, 0.05) is 24.7 Å². The summed E-state index contributed by atoms with van der Waals surface area (Å²) in [5.74, 6) is -1.89. The number of nitrogens with one attached hydrogen (secondary N) is 2. The van der Waals surface area contributed by atoms with Gasteiger partial charge in [-0.25, -0.2) is 4.79 Å². The number of carboxylic acids is 1. The molecular weight excluding hydrogens is 459 g/mol. The Morgan fingerprint density at radius 1 is 1.18 bits per heavy atom. The fourth-order valence-corrected chi connectivity index (χ4v) is 2.64. The molecule has 1 amide bonds. The number of nitrogens with zero attached hydrogens (tertiary/aromatic N) is 3. The number of carbonyl (C=O) groups is 2. The minimum Gasteiger partial charge on any atom is -0.496 e. The van der Waals surface area contributed by atoms with Gasteiger partial charge in [-0.2, -0.15) is 13.2 Å². The van der Waals surface area contributed by atoms with Crippen molar-refractivity contribution in [2.75, 3.05) is 43.9 Å². The van der Waals surface area contributed by atoms with Gasteiger partial charge in [-0.15, -0.1) is 5.10 Å². The lowest BCUT2D eigenvalue weighted by atomic mass is 10.1. The Hall–Kier alpha value is -3.35. The number of hydrogen-bond donors (Lipinski definition) is 3. The number of rotatable bonds is 11. The molecule has 0 aliphatic rings. The summed E-state index contributed by atoms with van der Waals surface area (Å²) in [7, 11) is 1.56. The minimum absolute atomic E-state index is 0.0567. The Labute approximate surface area is 195 Å². The average molecular weight is 489 g/mol. The first-order valence-electron chi connectivity index (χ1n) is 10.6. The average Bonchev–Trinajstić information content (AvgIpc) is 3.27. The third-order valence-electron chi connectivity index (χ3n) is 4.53. The summed E-state index contributed by atoms with van der Waals surface area (Å²) in [6.45, 7) is 10.0. The number of aromatic nitrogens is 2. The highest BCUT2D eigenvalue weighted by Crippen LogP contribution is 2.32. The molecule has 0 radical (unpaired) electrons. The van der Waals surface area contributed by atoms with Gasteiger partial charge in [-0.1, -0.05) is 25.9 Å². The van der Waals surface area contributed by atoms with E-state index in [1.165, 1.54) is 0 Å². The molecule has 190 valence electrons. The predicted octanol–water partition coefficient (Wildman–Crippen LogP) is 3.87. The Bertz CT molecular complexity index is 916. The zero-order chi connectivity index (χ0) is 25.7. The topological polar surface area (TPSA) is 130 Å². The minimum atomic E-state index is -5.08. The summed E-state index contributed by atoms with van der Waals surface area (Å²) in [4.78, 5) is 22.8. The number of carboxylic acid groups (broad SMARTS) is 1. The summed E-state index contributed by atoms with van der Waals surface area (Å²) < 4.78 is 42.8. The second-order valence-electron chi connectivity index (χ2n) is 6.84. The molecular formula is C21H30F3N5O5. The largest absolute Gasteiger partial charge is 0.496 e. The standard InChI is InChI=1S/C19H29N5O3.C2HF3O2/c1-5-17(25)21-14-9-10-15(16(13-14)26-4)18-22-23-19(27-18)20-11-8-12-24(6-2)7-3;3-2(4,5)1(6)7/h9-10,13H,5-8,11-12H2,1-4H3,(H,20,23)(H,21,25);(H,6,7). The van der Waals surface area contributed by atoms with E-state index in [2.05, 4.69) is 39.6 Å². The maximum atomic E-state index is 11.5. The van der Waals surface area contributed by atoms with E-state index in [9.17, 15) is 18.0 Å². The quantitative estimate of drug-likeness (QED) is 0.403. The van der Waals surface area contributed by atoms with Gasteiger partial charge >= 0.3 is 18.2 Å². The Kier molecular flexibility index (Phi) is 11.8. The van der Waals surface area contributed by atoms with Crippen molar-refractivity contribution < 1.29 is 37.0 Å². The third-order valence-corrected chi connectivity index (χ3v) is 4.53. The van der Waals surface area contributed by atoms with Crippen LogP contribution in [-0.2, 0) is 9.59 Å². The van der Waals surface area contributed by atoms with Gasteiger partial charge in [0.05, 0.1) is 12.7 Å². The molecule has 2 aromatic rings. The highest BCUT2D eigenvalue weighted by molar-refractivity contribution is 5.91. The normalized spacial score (nSPS) is 10.9. The van der Waals surface area contributed by atoms with Crippen LogP contribution >= 0.6 is 0 Å². The molecule has 0 spiro atoms. The zero-order valence-electron chi connectivity index (χ0n) is 19.5. The van der Waals surface area contributed by atoms with Crippen molar-refractivity contribution in [1.82, 2.24) is 15.1 Å². The first-order chi connectivity index (χ1) is 16.0. The number of carbonyl (C=O) groups excluding carboxylic acids is 1. The number of hydrogen-bond acceptors (Lipinski definition) is 8. The molecule has 0 aliphatic carbocycles. The van der Waals surface area contributed by atoms with E-state index >= 15 is 0 Å². The van der Waals surface area contributed by atoms with Crippen molar-refractivity contribution in [3.8, 4) is 17.2 Å². The molecule has 1 aromatic carbocycles. The molecule has 2 rings (SSSR count). The van der Waals surface area contributed by atoms with Crippen molar-refractivity contribution in [3.63, 3.8) is 0 Å². The molecule has 0 bridgehead atoms. The van der Waals surface area contributed by atoms with Gasteiger partial charge in [-0.05, 0) is 38.2 Å². The molecule has 0 atom stereocenters. The molecule has 0 saturated heterocycles. The van der Waals surface area contributed by atoms with Gasteiger partial charge < -0.3 is 29.8 Å². The third kappa shape index (κ3) is 9.65. The monoisotopic (exact) mass is 489 g/mol. The van der Waals surface area contributed by atoms with Crippen molar-refractivity contribution in [1.29, 1.82) is 0 Å². The summed E-state index contributed by atoms with van der Waals surface area (Å²) >= 11 is 0. The van der Waals surface area contributed by atoms with Gasteiger partial charge in [0.1, 0.15) is 5.75 Å². The number of methoxy groups -OCH3 is 1. The van der Waals surface area contributed by atoms with E-state index < -0.39 is 12.1 Å². The van der Waals surface area contributed by atoms with Crippen molar-refractivity contribution in [2.24, 2.45) is 0 Å². The first kappa shape index (κ1) is 28.7. The van der Waals surface area contributed by atoms with Gasteiger partial charge in [-0.3, -0.25) is 4.79 Å². The van der Waals surface area contributed by atoms with Crippen LogP contribution in [0.3, 0.4) is 0 Å². The van der Waals surface area contributed by atoms with Crippen LogP contribution in [0.25, 0.3) is 11.5 Å². The Morgan fingerprint density at radius 2 is 1.82 bits per heavy atom. The molecule has 3 N–H and O–H groups in total. The van der Waals surface area contributed by atoms with E-state index in [1.54, 1.807) is 32.2 Å². The van der Waals surface area contributed by atoms with Gasteiger partial charge in [0.15, 0.2) is 0 Å². The second-order valence-corrected chi connectivity index (χ2v) is 6.84. The lowest BCUT2D eigenvalue weighted by Gasteiger charge is -2.17. The van der Waals surface area contributed by atoms with Crippen LogP contribution in [0, 0.1) is 0 Å². The van der Waals surface area contributed by atoms with Crippen molar-refractivity contribution >= 4 is 23.6 Å². The summed E-state index contributed by atoms with van der Waals surface area (Å²) in [6, 6.07) is 5.70. The molecule has 0 saturated carbocycles. The van der Waals surface area contributed by atoms with Crippen molar-refractivity contribution in [3.05, 3.63) is 18.2 Å². The molecule has 0 fully saturated rings. The SMILES string of the molecule is CCC(=O)Nc1ccc(-c2nnc(NCCCN(CC)CC)o2)c(OC)c1.O=C(O)C(F)(F)F. The Morgan fingerprint density at radius 3 is 2.35 bits per heavy atom. The van der Waals surface area contributed by atoms with Crippen molar-refractivity contribution in [2.45, 2.75) is 39.8 Å². The van der Waals surface area contributed by atoms with Crippen LogP contribution in [0.5, 0.6) is 5.75 Å². The van der Waals surface area contributed by atoms with Gasteiger partial charge in [0.2, 0.25) is 5.91 Å². The molecule has 1 aromatic heterocycles.